The molecule has 1 saturated carbocycles. The highest BCUT2D eigenvalue weighted by molar-refractivity contribution is 5.35. The molecule has 0 N–H and O–H groups in total. The van der Waals surface area contributed by atoms with E-state index in [-0.39, 0.29) is 6.04 Å². The first-order chi connectivity index (χ1) is 3.34. The van der Waals surface area contributed by atoms with E-state index in [0.29, 0.717) is 6.42 Å². The van der Waals surface area contributed by atoms with Gasteiger partial charge in [0, 0.05) is 6.42 Å². The van der Waals surface area contributed by atoms with Crippen molar-refractivity contribution in [3.8, 4) is 0 Å². The summed E-state index contributed by atoms with van der Waals surface area (Å²) in [6.07, 6.45) is 0.847. The Kier molecular flexibility index (Phi) is 0.912. The minimum atomic E-state index is -0.860. The summed E-state index contributed by atoms with van der Waals surface area (Å²) in [5, 5.41) is 0. The van der Waals surface area contributed by atoms with E-state index in [1.54, 1.807) is 0 Å². The van der Waals surface area contributed by atoms with Gasteiger partial charge in [-0.1, -0.05) is 0 Å². The minimum Gasteiger partial charge on any atom is -0.245 e. The van der Waals surface area contributed by atoms with Crippen molar-refractivity contribution in [1.82, 2.24) is 0 Å². The number of rotatable bonds is 1. The molecule has 1 fully saturated rings. The van der Waals surface area contributed by atoms with Crippen LogP contribution in [0, 0.1) is 0 Å². The third kappa shape index (κ3) is 0.842. The predicted molar refractivity (Wildman–Crippen MR) is 21.4 cm³/mol. The maximum atomic E-state index is 11.7. The molecular weight excluding hydrogens is 97.0 g/mol. The molecule has 0 saturated heterocycles. The fourth-order valence-corrected chi connectivity index (χ4v) is 0.353. The Morgan fingerprint density at radius 2 is 2.43 bits per heavy atom. The third-order valence-electron chi connectivity index (χ3n) is 0.900. The van der Waals surface area contributed by atoms with Crippen molar-refractivity contribution in [3.63, 3.8) is 0 Å². The Balaban J connectivity index is 2.34. The van der Waals surface area contributed by atoms with Gasteiger partial charge in [0.2, 0.25) is 6.08 Å². The summed E-state index contributed by atoms with van der Waals surface area (Å²) in [5.74, 6) is 0. The lowest BCUT2D eigenvalue weighted by Crippen LogP contribution is -1.77. The molecule has 0 aliphatic heterocycles. The van der Waals surface area contributed by atoms with Gasteiger partial charge in [-0.15, -0.1) is 0 Å². The molecule has 2 atom stereocenters. The Bertz CT molecular complexity index is 119. The molecule has 1 aliphatic carbocycles. The van der Waals surface area contributed by atoms with Crippen LogP contribution in [0.2, 0.25) is 0 Å². The highest BCUT2D eigenvalue weighted by atomic mass is 19.1. The van der Waals surface area contributed by atoms with Crippen molar-refractivity contribution in [2.24, 2.45) is 4.99 Å². The third-order valence-corrected chi connectivity index (χ3v) is 0.900. The molecule has 1 aliphatic rings. The normalized spacial score (nSPS) is 36.7. The number of halogens is 1. The lowest BCUT2D eigenvalue weighted by molar-refractivity contribution is 0.467. The predicted octanol–water partition coefficient (Wildman–Crippen LogP) is 0.433. The van der Waals surface area contributed by atoms with Crippen LogP contribution in [0.15, 0.2) is 4.99 Å². The Morgan fingerprint density at radius 3 is 2.57 bits per heavy atom. The summed E-state index contributed by atoms with van der Waals surface area (Å²) in [6, 6.07) is -0.350. The van der Waals surface area contributed by atoms with E-state index in [1.807, 2.05) is 0 Å². The second-order valence-electron chi connectivity index (χ2n) is 1.54. The molecule has 0 spiro atoms. The molecular formula is C4H4FNO. The van der Waals surface area contributed by atoms with Gasteiger partial charge < -0.3 is 0 Å². The lowest BCUT2D eigenvalue weighted by atomic mass is 10.7. The maximum Gasteiger partial charge on any atom is 0.235 e. The molecule has 0 bridgehead atoms. The Labute approximate surface area is 40.1 Å². The number of carbonyl (C=O) groups excluding carboxylic acids is 1. The van der Waals surface area contributed by atoms with E-state index in [1.165, 1.54) is 6.08 Å². The summed E-state index contributed by atoms with van der Waals surface area (Å²) in [4.78, 5) is 12.5. The highest BCUT2D eigenvalue weighted by Gasteiger charge is 2.37. The van der Waals surface area contributed by atoms with Crippen LogP contribution >= 0.6 is 0 Å². The number of nitrogens with zero attached hydrogens (tertiary/aromatic N) is 1. The molecule has 38 valence electrons. The first kappa shape index (κ1) is 4.47. The smallest absolute Gasteiger partial charge is 0.235 e. The molecule has 7 heavy (non-hydrogen) atoms. The molecule has 0 aromatic rings. The van der Waals surface area contributed by atoms with Crippen LogP contribution in [0.5, 0.6) is 0 Å². The van der Waals surface area contributed by atoms with E-state index in [4.69, 9.17) is 0 Å². The molecule has 0 aromatic carbocycles. The zero-order valence-electron chi connectivity index (χ0n) is 3.60. The van der Waals surface area contributed by atoms with E-state index in [9.17, 15) is 9.18 Å². The summed E-state index contributed by atoms with van der Waals surface area (Å²) in [7, 11) is 0. The zero-order valence-corrected chi connectivity index (χ0v) is 3.60. The largest absolute Gasteiger partial charge is 0.245 e. The Morgan fingerprint density at radius 1 is 1.86 bits per heavy atom. The van der Waals surface area contributed by atoms with Gasteiger partial charge in [-0.25, -0.2) is 9.18 Å². The van der Waals surface area contributed by atoms with E-state index < -0.39 is 6.17 Å². The molecule has 0 aromatic heterocycles. The van der Waals surface area contributed by atoms with Gasteiger partial charge in [-0.05, 0) is 0 Å². The quantitative estimate of drug-likeness (QED) is 0.348. The fourth-order valence-electron chi connectivity index (χ4n) is 0.353. The minimum absolute atomic E-state index is 0.350. The van der Waals surface area contributed by atoms with Crippen molar-refractivity contribution in [3.05, 3.63) is 0 Å². The molecule has 0 heterocycles. The monoisotopic (exact) mass is 101 g/mol. The molecule has 0 unspecified atom stereocenters. The van der Waals surface area contributed by atoms with E-state index >= 15 is 0 Å². The second-order valence-corrected chi connectivity index (χ2v) is 1.54. The maximum absolute atomic E-state index is 11.7. The fraction of sp³-hybridized carbons (Fsp3) is 0.750. The average molecular weight is 101 g/mol. The average Bonchev–Trinajstić information content (AvgIpc) is 2.22. The van der Waals surface area contributed by atoms with Crippen molar-refractivity contribution < 1.29 is 9.18 Å². The van der Waals surface area contributed by atoms with Crippen molar-refractivity contribution in [2.45, 2.75) is 18.6 Å². The second kappa shape index (κ2) is 1.43. The number of aliphatic imine (C=N–C) groups is 1. The van der Waals surface area contributed by atoms with Gasteiger partial charge in [0.15, 0.2) is 0 Å². The lowest BCUT2D eigenvalue weighted by Gasteiger charge is -1.68. The van der Waals surface area contributed by atoms with Gasteiger partial charge in [0.1, 0.15) is 6.17 Å². The highest BCUT2D eigenvalue weighted by Crippen LogP contribution is 2.27. The molecule has 2 nitrogen and oxygen atoms in total. The number of alkyl halides is 1. The summed E-state index contributed by atoms with van der Waals surface area (Å²) in [5.41, 5.74) is 0. The first-order valence-corrected chi connectivity index (χ1v) is 2.05. The van der Waals surface area contributed by atoms with Gasteiger partial charge in [-0.2, -0.15) is 4.99 Å². The summed E-state index contributed by atoms with van der Waals surface area (Å²) < 4.78 is 11.7. The van der Waals surface area contributed by atoms with Gasteiger partial charge in [0.05, 0.1) is 6.04 Å². The van der Waals surface area contributed by atoms with Gasteiger partial charge >= 0.3 is 0 Å². The van der Waals surface area contributed by atoms with Crippen LogP contribution < -0.4 is 0 Å². The van der Waals surface area contributed by atoms with Crippen LogP contribution in [-0.2, 0) is 4.79 Å². The first-order valence-electron chi connectivity index (χ1n) is 2.05. The van der Waals surface area contributed by atoms with Crippen LogP contribution in [0.25, 0.3) is 0 Å². The molecule has 0 amide bonds. The summed E-state index contributed by atoms with van der Waals surface area (Å²) in [6.45, 7) is 0. The van der Waals surface area contributed by atoms with Crippen molar-refractivity contribution in [2.75, 3.05) is 0 Å². The molecule has 3 heteroatoms. The Hall–Kier alpha value is -0.690. The van der Waals surface area contributed by atoms with E-state index in [2.05, 4.69) is 4.99 Å². The topological polar surface area (TPSA) is 29.4 Å². The SMILES string of the molecule is O=C=N[C@@H]1C[C@@H]1F. The van der Waals surface area contributed by atoms with E-state index in [0.717, 1.165) is 0 Å². The van der Waals surface area contributed by atoms with Gasteiger partial charge in [0.25, 0.3) is 0 Å². The standard InChI is InChI=1S/C4H4FNO/c5-3-1-4(3)6-2-7/h3-4H,1H2/t3-,4+/m0/s1. The zero-order chi connectivity index (χ0) is 5.28. The van der Waals surface area contributed by atoms with Crippen molar-refractivity contribution in [1.29, 1.82) is 0 Å². The molecule has 0 radical (unpaired) electrons. The summed E-state index contributed by atoms with van der Waals surface area (Å²) >= 11 is 0. The number of hydrogen-bond donors (Lipinski definition) is 0. The van der Waals surface area contributed by atoms with Crippen LogP contribution in [-0.4, -0.2) is 18.3 Å². The van der Waals surface area contributed by atoms with Crippen LogP contribution in [0.4, 0.5) is 4.39 Å². The number of hydrogen-bond acceptors (Lipinski definition) is 2. The van der Waals surface area contributed by atoms with Crippen LogP contribution in [0.3, 0.4) is 0 Å². The molecule has 1 rings (SSSR count). The number of isocyanates is 1. The van der Waals surface area contributed by atoms with Gasteiger partial charge in [-0.3, -0.25) is 0 Å². The van der Waals surface area contributed by atoms with Crippen molar-refractivity contribution >= 4 is 6.08 Å². The van der Waals surface area contributed by atoms with Crippen LogP contribution in [0.1, 0.15) is 6.42 Å².